The first-order valence-electron chi connectivity index (χ1n) is 11.0. The molecule has 1 aromatic rings. The minimum absolute atomic E-state index is 0.0320. The molecule has 172 valence electrons. The second-order valence-corrected chi connectivity index (χ2v) is 9.80. The Morgan fingerprint density at radius 2 is 2.03 bits per heavy atom. The molecule has 0 aromatic heterocycles. The average molecular weight is 459 g/mol. The molecular formula is C22H30N6O3S. The minimum Gasteiger partial charge on any atom is -0.369 e. The van der Waals surface area contributed by atoms with Gasteiger partial charge in [0.1, 0.15) is 0 Å². The molecule has 0 bridgehead atoms. The summed E-state index contributed by atoms with van der Waals surface area (Å²) >= 11 is 1.26. The van der Waals surface area contributed by atoms with E-state index in [9.17, 15) is 14.4 Å². The maximum absolute atomic E-state index is 13.6. The summed E-state index contributed by atoms with van der Waals surface area (Å²) in [5, 5.41) is 8.09. The smallest absolute Gasteiger partial charge is 0.231 e. The molecule has 0 spiro atoms. The number of amidine groups is 1. The van der Waals surface area contributed by atoms with Crippen LogP contribution in [0.15, 0.2) is 35.4 Å². The highest BCUT2D eigenvalue weighted by Crippen LogP contribution is 2.41. The first kappa shape index (κ1) is 22.4. The second-order valence-electron chi connectivity index (χ2n) is 8.86. The average Bonchev–Trinajstić information content (AvgIpc) is 3.19. The fourth-order valence-electron chi connectivity index (χ4n) is 4.78. The van der Waals surface area contributed by atoms with E-state index in [1.165, 1.54) is 11.8 Å². The molecule has 1 aromatic carbocycles. The number of nitrogens with one attached hydrogen (secondary N) is 2. The zero-order chi connectivity index (χ0) is 22.8. The lowest BCUT2D eigenvalue weighted by molar-refractivity contribution is -0.159. The van der Waals surface area contributed by atoms with Gasteiger partial charge in [-0.3, -0.25) is 24.7 Å². The summed E-state index contributed by atoms with van der Waals surface area (Å²) in [6.07, 6.45) is 1.44. The standard InChI is InChI=1S/C22H30N6O3S/c1-13(2)24-19(30)15-8-9-16-17(10-15)28-21(25-26-22(28)32-12-18(23)29)27(20(16)31)11-14-6-4-3-5-7-14/h3-7,13,15-17,21,25H,8-12H2,1-2H3,(H2,23,29)(H,24,30). The first-order valence-corrected chi connectivity index (χ1v) is 12.0. The van der Waals surface area contributed by atoms with Crippen molar-refractivity contribution in [2.75, 3.05) is 5.75 Å². The Bertz CT molecular complexity index is 908. The third kappa shape index (κ3) is 4.55. The van der Waals surface area contributed by atoms with Crippen LogP contribution in [0.1, 0.15) is 38.7 Å². The summed E-state index contributed by atoms with van der Waals surface area (Å²) in [6, 6.07) is 9.75. The largest absolute Gasteiger partial charge is 0.369 e. The Hall–Kier alpha value is -2.75. The molecule has 1 saturated heterocycles. The molecule has 4 rings (SSSR count). The summed E-state index contributed by atoms with van der Waals surface area (Å²) in [7, 11) is 0. The third-order valence-corrected chi connectivity index (χ3v) is 7.16. The topological polar surface area (TPSA) is 120 Å². The van der Waals surface area contributed by atoms with Crippen LogP contribution in [-0.4, -0.2) is 56.8 Å². The summed E-state index contributed by atoms with van der Waals surface area (Å²) in [4.78, 5) is 41.6. The number of amides is 3. The molecule has 2 heterocycles. The van der Waals surface area contributed by atoms with Gasteiger partial charge in [-0.15, -0.1) is 0 Å². The monoisotopic (exact) mass is 458 g/mol. The van der Waals surface area contributed by atoms with Crippen molar-refractivity contribution in [2.24, 2.45) is 22.7 Å². The predicted molar refractivity (Wildman–Crippen MR) is 123 cm³/mol. The number of fused-ring (bicyclic) bond motifs is 3. The van der Waals surface area contributed by atoms with Crippen LogP contribution in [0.4, 0.5) is 0 Å². The Labute approximate surface area is 192 Å². The molecule has 3 amide bonds. The van der Waals surface area contributed by atoms with E-state index in [1.807, 2.05) is 49.1 Å². The van der Waals surface area contributed by atoms with E-state index in [2.05, 4.69) is 20.7 Å². The fourth-order valence-corrected chi connectivity index (χ4v) is 5.56. The van der Waals surface area contributed by atoms with Gasteiger partial charge in [0.05, 0.1) is 11.7 Å². The van der Waals surface area contributed by atoms with Crippen molar-refractivity contribution in [3.8, 4) is 0 Å². The lowest BCUT2D eigenvalue weighted by atomic mass is 9.75. The number of rotatable bonds is 6. The molecule has 3 aliphatic rings. The molecule has 4 N–H and O–H groups in total. The van der Waals surface area contributed by atoms with Gasteiger partial charge in [0, 0.05) is 24.5 Å². The molecule has 1 saturated carbocycles. The molecule has 2 fully saturated rings. The Balaban J connectivity index is 1.59. The summed E-state index contributed by atoms with van der Waals surface area (Å²) in [6.45, 7) is 4.35. The maximum atomic E-state index is 13.6. The lowest BCUT2D eigenvalue weighted by Crippen LogP contribution is -2.67. The normalized spacial score (nSPS) is 26.8. The van der Waals surface area contributed by atoms with E-state index < -0.39 is 12.2 Å². The molecule has 9 nitrogen and oxygen atoms in total. The van der Waals surface area contributed by atoms with E-state index in [4.69, 9.17) is 5.73 Å². The van der Waals surface area contributed by atoms with Crippen molar-refractivity contribution in [1.82, 2.24) is 20.5 Å². The quantitative estimate of drug-likeness (QED) is 0.585. The van der Waals surface area contributed by atoms with Crippen molar-refractivity contribution < 1.29 is 14.4 Å². The highest BCUT2D eigenvalue weighted by atomic mass is 32.2. The summed E-state index contributed by atoms with van der Waals surface area (Å²) in [5.74, 6) is -0.598. The number of nitrogens with two attached hydrogens (primary N) is 1. The van der Waals surface area contributed by atoms with Gasteiger partial charge in [-0.2, -0.15) is 5.10 Å². The minimum atomic E-state index is -0.453. The molecule has 4 unspecified atom stereocenters. The van der Waals surface area contributed by atoms with Crippen LogP contribution >= 0.6 is 11.8 Å². The van der Waals surface area contributed by atoms with Crippen LogP contribution in [0, 0.1) is 11.8 Å². The highest BCUT2D eigenvalue weighted by molar-refractivity contribution is 8.14. The lowest BCUT2D eigenvalue weighted by Gasteiger charge is -2.51. The summed E-state index contributed by atoms with van der Waals surface area (Å²) < 4.78 is 0. The van der Waals surface area contributed by atoms with Crippen molar-refractivity contribution in [1.29, 1.82) is 0 Å². The SMILES string of the molecule is CC(C)NC(=O)C1CCC2C(=O)N(Cc3ccccc3)C3NN=C(SCC(N)=O)N3C2C1. The van der Waals surface area contributed by atoms with E-state index in [0.29, 0.717) is 31.0 Å². The van der Waals surface area contributed by atoms with Gasteiger partial charge in [0.15, 0.2) is 11.5 Å². The number of hydrogen-bond donors (Lipinski definition) is 3. The molecule has 2 aliphatic heterocycles. The van der Waals surface area contributed by atoms with Crippen LogP contribution in [0.3, 0.4) is 0 Å². The second kappa shape index (κ2) is 9.40. The van der Waals surface area contributed by atoms with Crippen molar-refractivity contribution in [2.45, 2.75) is 58.0 Å². The van der Waals surface area contributed by atoms with Gasteiger partial charge in [0.2, 0.25) is 17.7 Å². The number of hydrogen-bond acceptors (Lipinski definition) is 7. The number of carbonyl (C=O) groups is 3. The van der Waals surface area contributed by atoms with Gasteiger partial charge < -0.3 is 16.0 Å². The highest BCUT2D eigenvalue weighted by Gasteiger charge is 2.53. The zero-order valence-electron chi connectivity index (χ0n) is 18.4. The van der Waals surface area contributed by atoms with Crippen LogP contribution < -0.4 is 16.5 Å². The molecular weight excluding hydrogens is 428 g/mol. The van der Waals surface area contributed by atoms with E-state index in [1.54, 1.807) is 0 Å². The molecule has 32 heavy (non-hydrogen) atoms. The van der Waals surface area contributed by atoms with E-state index >= 15 is 0 Å². The van der Waals surface area contributed by atoms with E-state index in [0.717, 1.165) is 5.56 Å². The van der Waals surface area contributed by atoms with Gasteiger partial charge >= 0.3 is 0 Å². The number of hydrazone groups is 1. The molecule has 0 radical (unpaired) electrons. The number of thioether (sulfide) groups is 1. The predicted octanol–water partition coefficient (Wildman–Crippen LogP) is 1.02. The van der Waals surface area contributed by atoms with Crippen molar-refractivity contribution >= 4 is 34.7 Å². The zero-order valence-corrected chi connectivity index (χ0v) is 19.2. The Morgan fingerprint density at radius 1 is 1.28 bits per heavy atom. The van der Waals surface area contributed by atoms with Crippen LogP contribution in [-0.2, 0) is 20.9 Å². The number of primary amides is 1. The summed E-state index contributed by atoms with van der Waals surface area (Å²) in [5.41, 5.74) is 9.48. The molecule has 4 atom stereocenters. The van der Waals surface area contributed by atoms with Crippen LogP contribution in [0.2, 0.25) is 0 Å². The Kier molecular flexibility index (Phi) is 6.59. The number of carbonyl (C=O) groups excluding carboxylic acids is 3. The van der Waals surface area contributed by atoms with E-state index in [-0.39, 0.29) is 41.5 Å². The van der Waals surface area contributed by atoms with Gasteiger partial charge in [0.25, 0.3) is 0 Å². The van der Waals surface area contributed by atoms with Gasteiger partial charge in [-0.05, 0) is 38.7 Å². The number of benzene rings is 1. The van der Waals surface area contributed by atoms with Crippen LogP contribution in [0.25, 0.3) is 0 Å². The Morgan fingerprint density at radius 3 is 2.72 bits per heavy atom. The van der Waals surface area contributed by atoms with Gasteiger partial charge in [-0.25, -0.2) is 0 Å². The maximum Gasteiger partial charge on any atom is 0.231 e. The van der Waals surface area contributed by atoms with Crippen LogP contribution in [0.5, 0.6) is 0 Å². The first-order chi connectivity index (χ1) is 15.3. The third-order valence-electron chi connectivity index (χ3n) is 6.17. The molecule has 10 heteroatoms. The fraction of sp³-hybridized carbons (Fsp3) is 0.545. The van der Waals surface area contributed by atoms with Crippen molar-refractivity contribution in [3.63, 3.8) is 0 Å². The molecule has 1 aliphatic carbocycles. The van der Waals surface area contributed by atoms with Crippen molar-refractivity contribution in [3.05, 3.63) is 35.9 Å². The number of nitrogens with zero attached hydrogens (tertiary/aromatic N) is 3. The van der Waals surface area contributed by atoms with Gasteiger partial charge in [-0.1, -0.05) is 42.1 Å².